The van der Waals surface area contributed by atoms with E-state index in [4.69, 9.17) is 11.6 Å². The van der Waals surface area contributed by atoms with E-state index in [1.807, 2.05) is 28.9 Å². The van der Waals surface area contributed by atoms with E-state index in [-0.39, 0.29) is 17.3 Å². The molecule has 2 aromatic rings. The Kier molecular flexibility index (Phi) is 6.78. The minimum Gasteiger partial charge on any atom is -0.389 e. The Labute approximate surface area is 186 Å². The lowest BCUT2D eigenvalue weighted by atomic mass is 9.56. The Morgan fingerprint density at radius 3 is 2.43 bits per heavy atom. The molecule has 1 aliphatic carbocycles. The van der Waals surface area contributed by atoms with Gasteiger partial charge in [-0.15, -0.1) is 0 Å². The van der Waals surface area contributed by atoms with E-state index in [9.17, 15) is 5.11 Å². The van der Waals surface area contributed by atoms with Crippen molar-refractivity contribution in [2.24, 2.45) is 29.1 Å². The summed E-state index contributed by atoms with van der Waals surface area (Å²) in [5.74, 6) is 1.01. The highest BCUT2D eigenvalue weighted by Crippen LogP contribution is 2.53. The van der Waals surface area contributed by atoms with Crippen LogP contribution in [-0.2, 0) is 0 Å². The zero-order valence-corrected chi connectivity index (χ0v) is 19.9. The first-order valence-corrected chi connectivity index (χ1v) is 11.4. The third-order valence-corrected chi connectivity index (χ3v) is 6.87. The van der Waals surface area contributed by atoms with Crippen molar-refractivity contribution in [3.05, 3.63) is 47.5 Å². The molecule has 1 heterocycles. The molecule has 0 aliphatic heterocycles. The van der Waals surface area contributed by atoms with Crippen LogP contribution in [0, 0.1) is 29.1 Å². The van der Waals surface area contributed by atoms with Crippen molar-refractivity contribution in [3.63, 3.8) is 0 Å². The summed E-state index contributed by atoms with van der Waals surface area (Å²) < 4.78 is 1.83. The van der Waals surface area contributed by atoms with Crippen molar-refractivity contribution in [1.82, 2.24) is 14.8 Å². The highest BCUT2D eigenvalue weighted by Gasteiger charge is 2.53. The van der Waals surface area contributed by atoms with Crippen LogP contribution >= 0.6 is 11.6 Å². The Bertz CT molecular complexity index is 852. The summed E-state index contributed by atoms with van der Waals surface area (Å²) in [4.78, 5) is 4.21. The zero-order valence-electron chi connectivity index (χ0n) is 19.1. The van der Waals surface area contributed by atoms with Crippen LogP contribution in [0.1, 0.15) is 66.4 Å². The van der Waals surface area contributed by atoms with Gasteiger partial charge in [0.2, 0.25) is 0 Å². The van der Waals surface area contributed by atoms with Gasteiger partial charge < -0.3 is 5.11 Å². The molecule has 3 rings (SSSR count). The molecular formula is C25H36ClN3O. The smallest absolute Gasteiger partial charge is 0.138 e. The molecule has 4 nitrogen and oxygen atoms in total. The summed E-state index contributed by atoms with van der Waals surface area (Å²) in [6.07, 6.45) is 8.44. The number of nitrogens with zero attached hydrogens (tertiary/aromatic N) is 3. The molecule has 0 spiro atoms. The van der Waals surface area contributed by atoms with E-state index in [1.165, 1.54) is 6.42 Å². The quantitative estimate of drug-likeness (QED) is 0.596. The molecule has 164 valence electrons. The van der Waals surface area contributed by atoms with Gasteiger partial charge >= 0.3 is 0 Å². The summed E-state index contributed by atoms with van der Waals surface area (Å²) in [5, 5.41) is 17.6. The number of hydrogen-bond donors (Lipinski definition) is 1. The van der Waals surface area contributed by atoms with Gasteiger partial charge in [0.25, 0.3) is 0 Å². The third-order valence-electron chi connectivity index (χ3n) is 6.62. The van der Waals surface area contributed by atoms with E-state index >= 15 is 0 Å². The molecule has 1 N–H and O–H groups in total. The fraction of sp³-hybridized carbons (Fsp3) is 0.600. The number of rotatable bonds is 5. The van der Waals surface area contributed by atoms with Crippen LogP contribution in [0.3, 0.4) is 0 Å². The molecular weight excluding hydrogens is 394 g/mol. The van der Waals surface area contributed by atoms with Gasteiger partial charge in [0.15, 0.2) is 0 Å². The molecule has 0 amide bonds. The maximum Gasteiger partial charge on any atom is 0.138 e. The predicted octanol–water partition coefficient (Wildman–Crippen LogP) is 6.42. The Hall–Kier alpha value is -1.65. The molecule has 4 unspecified atom stereocenters. The van der Waals surface area contributed by atoms with E-state index in [1.54, 1.807) is 12.7 Å². The molecule has 1 aromatic heterocycles. The van der Waals surface area contributed by atoms with E-state index in [0.717, 1.165) is 24.1 Å². The predicted molar refractivity (Wildman–Crippen MR) is 125 cm³/mol. The summed E-state index contributed by atoms with van der Waals surface area (Å²) in [5.41, 5.74) is 1.01. The molecule has 0 saturated heterocycles. The number of hydrogen-bond acceptors (Lipinski definition) is 3. The SMILES string of the molecule is CC1CCC(C(C)C)C(O)(C(/C(=C/c2ccc(Cl)cc2)n2cncn2)C(C)(C)C)C1. The van der Waals surface area contributed by atoms with Gasteiger partial charge in [-0.2, -0.15) is 5.10 Å². The molecule has 0 bridgehead atoms. The average Bonchev–Trinajstić information content (AvgIpc) is 3.15. The zero-order chi connectivity index (χ0) is 22.1. The highest BCUT2D eigenvalue weighted by molar-refractivity contribution is 6.30. The lowest BCUT2D eigenvalue weighted by Crippen LogP contribution is -2.55. The summed E-state index contributed by atoms with van der Waals surface area (Å²) in [6.45, 7) is 13.4. The number of benzene rings is 1. The monoisotopic (exact) mass is 429 g/mol. The van der Waals surface area contributed by atoms with Crippen molar-refractivity contribution in [2.75, 3.05) is 0 Å². The molecule has 30 heavy (non-hydrogen) atoms. The molecule has 4 atom stereocenters. The van der Waals surface area contributed by atoms with Crippen LogP contribution in [0.5, 0.6) is 0 Å². The van der Waals surface area contributed by atoms with Crippen molar-refractivity contribution in [1.29, 1.82) is 0 Å². The van der Waals surface area contributed by atoms with Gasteiger partial charge in [0.1, 0.15) is 12.7 Å². The maximum absolute atomic E-state index is 12.4. The fourth-order valence-electron chi connectivity index (χ4n) is 5.57. The van der Waals surface area contributed by atoms with Crippen molar-refractivity contribution < 1.29 is 5.11 Å². The van der Waals surface area contributed by atoms with E-state index in [2.05, 4.69) is 57.7 Å². The Morgan fingerprint density at radius 2 is 1.90 bits per heavy atom. The van der Waals surface area contributed by atoms with Gasteiger partial charge in [-0.3, -0.25) is 0 Å². The largest absolute Gasteiger partial charge is 0.389 e. The standard InChI is InChI=1S/C25H36ClN3O/c1-17(2)21-12-7-18(3)14-25(21,30)23(24(4,5)6)22(29-16-27-15-28-29)13-19-8-10-20(26)11-9-19/h8-11,13,15-18,21,23,30H,7,12,14H2,1-6H3/b22-13-. The molecule has 5 heteroatoms. The van der Waals surface area contributed by atoms with Crippen molar-refractivity contribution in [3.8, 4) is 0 Å². The van der Waals surface area contributed by atoms with Crippen LogP contribution in [0.25, 0.3) is 11.8 Å². The molecule has 1 saturated carbocycles. The van der Waals surface area contributed by atoms with Crippen molar-refractivity contribution in [2.45, 2.75) is 66.4 Å². The van der Waals surface area contributed by atoms with Crippen LogP contribution in [0.2, 0.25) is 5.02 Å². The Balaban J connectivity index is 2.20. The van der Waals surface area contributed by atoms with Crippen LogP contribution < -0.4 is 0 Å². The molecule has 1 aromatic carbocycles. The number of aliphatic hydroxyl groups is 1. The second-order valence-corrected chi connectivity index (χ2v) is 10.9. The van der Waals surface area contributed by atoms with E-state index in [0.29, 0.717) is 16.9 Å². The first kappa shape index (κ1) is 23.0. The molecule has 1 fully saturated rings. The van der Waals surface area contributed by atoms with Gasteiger partial charge in [-0.1, -0.05) is 71.7 Å². The number of aromatic nitrogens is 3. The first-order chi connectivity index (χ1) is 14.0. The van der Waals surface area contributed by atoms with Crippen LogP contribution in [0.15, 0.2) is 36.9 Å². The second-order valence-electron chi connectivity index (χ2n) is 10.5. The summed E-state index contributed by atoms with van der Waals surface area (Å²) >= 11 is 6.11. The Morgan fingerprint density at radius 1 is 1.23 bits per heavy atom. The van der Waals surface area contributed by atoms with Crippen molar-refractivity contribution >= 4 is 23.4 Å². The second kappa shape index (κ2) is 8.84. The third kappa shape index (κ3) is 4.81. The highest BCUT2D eigenvalue weighted by atomic mass is 35.5. The minimum absolute atomic E-state index is 0.113. The van der Waals surface area contributed by atoms with Crippen LogP contribution in [-0.4, -0.2) is 25.5 Å². The first-order valence-electron chi connectivity index (χ1n) is 11.1. The van der Waals surface area contributed by atoms with Gasteiger partial charge in [0, 0.05) is 10.9 Å². The number of halogens is 1. The normalized spacial score (nSPS) is 26.8. The van der Waals surface area contributed by atoms with Gasteiger partial charge in [0.05, 0.1) is 11.3 Å². The minimum atomic E-state index is -0.825. The lowest BCUT2D eigenvalue weighted by molar-refractivity contribution is -0.131. The lowest BCUT2D eigenvalue weighted by Gasteiger charge is -2.53. The van der Waals surface area contributed by atoms with Crippen LogP contribution in [0.4, 0.5) is 0 Å². The average molecular weight is 430 g/mol. The molecule has 1 aliphatic rings. The summed E-state index contributed by atoms with van der Waals surface area (Å²) in [7, 11) is 0. The topological polar surface area (TPSA) is 50.9 Å². The fourth-order valence-corrected chi connectivity index (χ4v) is 5.70. The molecule has 0 radical (unpaired) electrons. The van der Waals surface area contributed by atoms with Gasteiger partial charge in [-0.25, -0.2) is 9.67 Å². The van der Waals surface area contributed by atoms with Gasteiger partial charge in [-0.05, 0) is 59.8 Å². The summed E-state index contributed by atoms with van der Waals surface area (Å²) in [6, 6.07) is 7.80. The maximum atomic E-state index is 12.4. The van der Waals surface area contributed by atoms with E-state index < -0.39 is 5.60 Å².